The summed E-state index contributed by atoms with van der Waals surface area (Å²) in [5, 5.41) is 12.8. The van der Waals surface area contributed by atoms with Crippen LogP contribution in [0, 0.1) is 6.92 Å². The van der Waals surface area contributed by atoms with Crippen LogP contribution in [0.3, 0.4) is 0 Å². The van der Waals surface area contributed by atoms with Crippen LogP contribution in [0.15, 0.2) is 40.9 Å². The highest BCUT2D eigenvalue weighted by atomic mass is 79.9. The molecule has 31 heavy (non-hydrogen) atoms. The first-order valence-corrected chi connectivity index (χ1v) is 10.6. The topological polar surface area (TPSA) is 69.6 Å². The van der Waals surface area contributed by atoms with Crippen molar-refractivity contribution in [2.24, 2.45) is 0 Å². The van der Waals surface area contributed by atoms with Crippen molar-refractivity contribution in [2.45, 2.75) is 31.5 Å². The Kier molecular flexibility index (Phi) is 6.85. The second-order valence-corrected chi connectivity index (χ2v) is 8.76. The minimum Gasteiger partial charge on any atom is -0.465 e. The maximum Gasteiger partial charge on any atom is 0.416 e. The average Bonchev–Trinajstić information content (AvgIpc) is 2.69. The van der Waals surface area contributed by atoms with Gasteiger partial charge >= 0.3 is 12.3 Å². The van der Waals surface area contributed by atoms with Crippen LogP contribution in [0.5, 0.6) is 0 Å². The summed E-state index contributed by atoms with van der Waals surface area (Å²) in [5.74, 6) is -1.03. The van der Waals surface area contributed by atoms with E-state index in [1.54, 1.807) is 12.1 Å². The third-order valence-electron chi connectivity index (χ3n) is 5.30. The standard InChI is InChI=1S/C21H19BrClF3N2O3/c1-11-6-12(2-3-17(11)23)16-10-28(20(30)31)5-4-18(16)27-19(29)13-7-14(21(24,25)26)9-15(22)8-13/h2-3,6-9,16,18H,4-5,10H2,1H3,(H,27,29)(H,30,31). The summed E-state index contributed by atoms with van der Waals surface area (Å²) in [6.07, 6.45) is -5.33. The fourth-order valence-corrected chi connectivity index (χ4v) is 4.28. The fraction of sp³-hybridized carbons (Fsp3) is 0.333. The van der Waals surface area contributed by atoms with E-state index in [2.05, 4.69) is 21.2 Å². The molecule has 0 aliphatic carbocycles. The zero-order chi connectivity index (χ0) is 22.9. The van der Waals surface area contributed by atoms with Gasteiger partial charge in [0.15, 0.2) is 0 Å². The molecule has 2 aromatic rings. The molecule has 0 bridgehead atoms. The summed E-state index contributed by atoms with van der Waals surface area (Å²) in [7, 11) is 0. The molecule has 1 aliphatic rings. The molecule has 2 amide bonds. The lowest BCUT2D eigenvalue weighted by Crippen LogP contribution is -2.51. The van der Waals surface area contributed by atoms with E-state index in [9.17, 15) is 27.9 Å². The molecule has 2 atom stereocenters. The third kappa shape index (κ3) is 5.51. The highest BCUT2D eigenvalue weighted by molar-refractivity contribution is 9.10. The SMILES string of the molecule is Cc1cc(C2CN(C(=O)O)CCC2NC(=O)c2cc(Br)cc(C(F)(F)F)c2)ccc1Cl. The number of benzene rings is 2. The van der Waals surface area contributed by atoms with Gasteiger partial charge in [0.25, 0.3) is 5.91 Å². The van der Waals surface area contributed by atoms with Crippen LogP contribution in [0.1, 0.15) is 39.4 Å². The smallest absolute Gasteiger partial charge is 0.416 e. The Bertz CT molecular complexity index is 1020. The van der Waals surface area contributed by atoms with Gasteiger partial charge in [0.1, 0.15) is 0 Å². The monoisotopic (exact) mass is 518 g/mol. The predicted molar refractivity (Wildman–Crippen MR) is 114 cm³/mol. The number of carboxylic acid groups (broad SMARTS) is 1. The lowest BCUT2D eigenvalue weighted by molar-refractivity contribution is -0.137. The van der Waals surface area contributed by atoms with Gasteiger partial charge in [-0.3, -0.25) is 4.79 Å². The second-order valence-electron chi connectivity index (χ2n) is 7.44. The number of halogens is 5. The van der Waals surface area contributed by atoms with Crippen LogP contribution in [-0.4, -0.2) is 41.1 Å². The molecule has 0 aromatic heterocycles. The largest absolute Gasteiger partial charge is 0.465 e. The number of likely N-dealkylation sites (tertiary alicyclic amines) is 1. The Hall–Kier alpha value is -2.26. The highest BCUT2D eigenvalue weighted by Gasteiger charge is 2.35. The summed E-state index contributed by atoms with van der Waals surface area (Å²) >= 11 is 9.12. The van der Waals surface area contributed by atoms with Gasteiger partial charge < -0.3 is 15.3 Å². The van der Waals surface area contributed by atoms with E-state index in [1.165, 1.54) is 11.0 Å². The Morgan fingerprint density at radius 3 is 2.55 bits per heavy atom. The van der Waals surface area contributed by atoms with E-state index in [0.29, 0.717) is 11.4 Å². The molecule has 1 aliphatic heterocycles. The van der Waals surface area contributed by atoms with Crippen LogP contribution < -0.4 is 5.32 Å². The van der Waals surface area contributed by atoms with E-state index >= 15 is 0 Å². The van der Waals surface area contributed by atoms with Crippen molar-refractivity contribution < 1.29 is 27.9 Å². The van der Waals surface area contributed by atoms with Crippen molar-refractivity contribution in [3.63, 3.8) is 0 Å². The third-order valence-corrected chi connectivity index (χ3v) is 6.18. The number of aryl methyl sites for hydroxylation is 1. The van der Waals surface area contributed by atoms with Crippen LogP contribution in [0.2, 0.25) is 5.02 Å². The van der Waals surface area contributed by atoms with Crippen molar-refractivity contribution in [2.75, 3.05) is 13.1 Å². The lowest BCUT2D eigenvalue weighted by atomic mass is 9.85. The van der Waals surface area contributed by atoms with Gasteiger partial charge in [-0.1, -0.05) is 39.7 Å². The Labute approximate surface area is 190 Å². The predicted octanol–water partition coefficient (Wildman–Crippen LogP) is 5.70. The van der Waals surface area contributed by atoms with Gasteiger partial charge in [0.2, 0.25) is 0 Å². The average molecular weight is 520 g/mol. The Balaban J connectivity index is 1.89. The number of carbonyl (C=O) groups excluding carboxylic acids is 1. The van der Waals surface area contributed by atoms with Crippen molar-refractivity contribution in [1.82, 2.24) is 10.2 Å². The molecular weight excluding hydrogens is 501 g/mol. The van der Waals surface area contributed by atoms with Crippen LogP contribution in [0.25, 0.3) is 0 Å². The number of rotatable bonds is 3. The van der Waals surface area contributed by atoms with Gasteiger partial charge in [-0.05, 0) is 48.7 Å². The minimum absolute atomic E-state index is 0.131. The van der Waals surface area contributed by atoms with Crippen LogP contribution >= 0.6 is 27.5 Å². The van der Waals surface area contributed by atoms with E-state index in [4.69, 9.17) is 11.6 Å². The number of nitrogens with zero attached hydrogens (tertiary/aromatic N) is 1. The summed E-state index contributed by atoms with van der Waals surface area (Å²) < 4.78 is 39.5. The van der Waals surface area contributed by atoms with Crippen LogP contribution in [0.4, 0.5) is 18.0 Å². The molecule has 166 valence electrons. The molecule has 2 unspecified atom stereocenters. The van der Waals surface area contributed by atoms with Gasteiger partial charge in [-0.25, -0.2) is 4.79 Å². The summed E-state index contributed by atoms with van der Waals surface area (Å²) in [6, 6.07) is 7.86. The number of carbonyl (C=O) groups is 2. The molecule has 1 fully saturated rings. The number of hydrogen-bond acceptors (Lipinski definition) is 2. The number of alkyl halides is 3. The molecule has 2 aromatic carbocycles. The first kappa shape index (κ1) is 23.4. The van der Waals surface area contributed by atoms with Crippen LogP contribution in [-0.2, 0) is 6.18 Å². The van der Waals surface area contributed by atoms with Crippen molar-refractivity contribution in [3.8, 4) is 0 Å². The Morgan fingerprint density at radius 1 is 1.23 bits per heavy atom. The molecule has 0 saturated carbocycles. The molecule has 5 nitrogen and oxygen atoms in total. The molecule has 2 N–H and O–H groups in total. The molecule has 1 heterocycles. The maximum atomic E-state index is 13.1. The van der Waals surface area contributed by atoms with E-state index in [1.807, 2.05) is 13.0 Å². The molecule has 3 rings (SSSR count). The van der Waals surface area contributed by atoms with E-state index in [0.717, 1.165) is 23.3 Å². The summed E-state index contributed by atoms with van der Waals surface area (Å²) in [4.78, 5) is 25.5. The zero-order valence-corrected chi connectivity index (χ0v) is 18.7. The number of amides is 2. The minimum atomic E-state index is -4.59. The van der Waals surface area contributed by atoms with E-state index in [-0.39, 0.29) is 29.0 Å². The molecule has 10 heteroatoms. The first-order valence-electron chi connectivity index (χ1n) is 9.38. The van der Waals surface area contributed by atoms with Crippen molar-refractivity contribution in [1.29, 1.82) is 0 Å². The summed E-state index contributed by atoms with van der Waals surface area (Å²) in [5.41, 5.74) is 0.535. The maximum absolute atomic E-state index is 13.1. The van der Waals surface area contributed by atoms with Gasteiger partial charge in [0.05, 0.1) is 5.56 Å². The molecule has 1 saturated heterocycles. The molecule has 0 radical (unpaired) electrons. The second kappa shape index (κ2) is 9.08. The number of piperidine rings is 1. The number of nitrogens with one attached hydrogen (secondary N) is 1. The van der Waals surface area contributed by atoms with Gasteiger partial charge in [-0.2, -0.15) is 13.2 Å². The van der Waals surface area contributed by atoms with Crippen molar-refractivity contribution >= 4 is 39.5 Å². The van der Waals surface area contributed by atoms with Gasteiger partial charge in [-0.15, -0.1) is 0 Å². The lowest BCUT2D eigenvalue weighted by Gasteiger charge is -2.38. The van der Waals surface area contributed by atoms with Crippen molar-refractivity contribution in [3.05, 3.63) is 68.1 Å². The normalized spacial score (nSPS) is 19.2. The first-order chi connectivity index (χ1) is 14.5. The number of hydrogen-bond donors (Lipinski definition) is 2. The highest BCUT2D eigenvalue weighted by Crippen LogP contribution is 2.33. The molecule has 0 spiro atoms. The van der Waals surface area contributed by atoms with Gasteiger partial charge in [0, 0.05) is 40.1 Å². The fourth-order valence-electron chi connectivity index (χ4n) is 3.67. The summed E-state index contributed by atoms with van der Waals surface area (Å²) in [6.45, 7) is 2.17. The zero-order valence-electron chi connectivity index (χ0n) is 16.3. The molecular formula is C21H19BrClF3N2O3. The Morgan fingerprint density at radius 2 is 1.94 bits per heavy atom. The van der Waals surface area contributed by atoms with E-state index < -0.39 is 29.8 Å². The quantitative estimate of drug-likeness (QED) is 0.547.